The van der Waals surface area contributed by atoms with Gasteiger partial charge in [0.25, 0.3) is 0 Å². The summed E-state index contributed by atoms with van der Waals surface area (Å²) in [5.41, 5.74) is 10.8. The Morgan fingerprint density at radius 3 is 1.80 bits per heavy atom. The number of hydrogen-bond donors (Lipinski definition) is 0. The molecule has 0 spiro atoms. The first-order chi connectivity index (χ1) is 22.1. The fraction of sp³-hybridized carbons (Fsp3) is 0.167. The second kappa shape index (κ2) is 11.1. The summed E-state index contributed by atoms with van der Waals surface area (Å²) in [6.07, 6.45) is 3.32. The highest BCUT2D eigenvalue weighted by Gasteiger charge is 2.21. The summed E-state index contributed by atoms with van der Waals surface area (Å²) in [6.45, 7) is 6.80. The van der Waals surface area contributed by atoms with Gasteiger partial charge in [0.2, 0.25) is 0 Å². The summed E-state index contributed by atoms with van der Waals surface area (Å²) in [5.74, 6) is 1.60. The van der Waals surface area contributed by atoms with E-state index in [-0.39, 0.29) is 0 Å². The van der Waals surface area contributed by atoms with Crippen molar-refractivity contribution in [3.05, 3.63) is 139 Å². The molecule has 5 aromatic carbocycles. The van der Waals surface area contributed by atoms with Gasteiger partial charge in [0, 0.05) is 32.8 Å². The van der Waals surface area contributed by atoms with E-state index in [9.17, 15) is 0 Å². The van der Waals surface area contributed by atoms with Crippen molar-refractivity contribution in [2.24, 2.45) is 5.92 Å². The number of pyridine rings is 1. The number of aryl methyl sites for hydroxylation is 1. The molecule has 0 saturated heterocycles. The molecule has 0 radical (unpaired) electrons. The van der Waals surface area contributed by atoms with E-state index < -0.39 is 0 Å². The van der Waals surface area contributed by atoms with Crippen LogP contribution < -0.4 is 0 Å². The molecule has 0 aliphatic carbocycles. The summed E-state index contributed by atoms with van der Waals surface area (Å²) in [7, 11) is 0. The molecule has 1 atom stereocenters. The molecule has 0 aliphatic heterocycles. The van der Waals surface area contributed by atoms with Crippen molar-refractivity contribution in [2.45, 2.75) is 40.0 Å². The lowest BCUT2D eigenvalue weighted by Gasteiger charge is -2.14. The van der Waals surface area contributed by atoms with Crippen molar-refractivity contribution in [1.82, 2.24) is 14.1 Å². The van der Waals surface area contributed by atoms with Crippen molar-refractivity contribution < 1.29 is 0 Å². The number of aromatic nitrogens is 3. The van der Waals surface area contributed by atoms with E-state index in [0.29, 0.717) is 5.92 Å². The summed E-state index contributed by atoms with van der Waals surface area (Å²) in [4.78, 5) is 5.31. The Hall–Kier alpha value is -5.15. The Bertz CT molecular complexity index is 2320. The summed E-state index contributed by atoms with van der Waals surface area (Å²) >= 11 is 0. The zero-order chi connectivity index (χ0) is 30.5. The predicted octanol–water partition coefficient (Wildman–Crippen LogP) is 11.1. The van der Waals surface area contributed by atoms with Gasteiger partial charge in [-0.15, -0.1) is 0 Å². The van der Waals surface area contributed by atoms with E-state index in [1.165, 1.54) is 61.3 Å². The lowest BCUT2D eigenvalue weighted by molar-refractivity contribution is 0.560. The van der Waals surface area contributed by atoms with Crippen LogP contribution in [0.2, 0.25) is 0 Å². The first-order valence-electron chi connectivity index (χ1n) is 16.3. The second-order valence-electron chi connectivity index (χ2n) is 12.4. The topological polar surface area (TPSA) is 22.8 Å². The molecule has 0 aliphatic rings. The van der Waals surface area contributed by atoms with Gasteiger partial charge in [-0.05, 0) is 66.3 Å². The average Bonchev–Trinajstić information content (AvgIpc) is 3.62. The normalized spacial score (nSPS) is 12.5. The van der Waals surface area contributed by atoms with Gasteiger partial charge >= 0.3 is 0 Å². The molecule has 8 rings (SSSR count). The molecule has 3 heteroatoms. The molecule has 8 aromatic rings. The van der Waals surface area contributed by atoms with Crippen LogP contribution >= 0.6 is 0 Å². The monoisotopic (exact) mass is 583 g/mol. The third-order valence-corrected chi connectivity index (χ3v) is 9.57. The Morgan fingerprint density at radius 1 is 0.556 bits per heavy atom. The highest BCUT2D eigenvalue weighted by atomic mass is 15.1. The maximum Gasteiger partial charge on any atom is 0.138 e. The Balaban J connectivity index is 1.43. The number of para-hydroxylation sites is 2. The summed E-state index contributed by atoms with van der Waals surface area (Å²) in [6, 6.07) is 46.6. The quantitative estimate of drug-likeness (QED) is 0.183. The lowest BCUT2D eigenvalue weighted by Crippen LogP contribution is -2.02. The highest BCUT2D eigenvalue weighted by molar-refractivity contribution is 6.23. The van der Waals surface area contributed by atoms with Crippen LogP contribution in [0, 0.1) is 5.92 Å². The molecule has 3 nitrogen and oxygen atoms in total. The van der Waals surface area contributed by atoms with Gasteiger partial charge in [0.05, 0.1) is 27.8 Å². The average molecular weight is 584 g/mol. The van der Waals surface area contributed by atoms with Gasteiger partial charge < -0.3 is 4.57 Å². The van der Waals surface area contributed by atoms with E-state index in [1.54, 1.807) is 0 Å². The van der Waals surface area contributed by atoms with Crippen molar-refractivity contribution in [1.29, 1.82) is 0 Å². The third-order valence-electron chi connectivity index (χ3n) is 9.57. The molecule has 3 aromatic heterocycles. The molecule has 0 saturated carbocycles. The minimum atomic E-state index is 0.673. The number of hydrogen-bond acceptors (Lipinski definition) is 1. The maximum absolute atomic E-state index is 5.31. The first kappa shape index (κ1) is 27.4. The Kier molecular flexibility index (Phi) is 6.75. The standard InChI is InChI=1S/C42H37N3/c1-4-28(3)27-30-19-23-32(24-20-30)44-38-14-8-6-11-33(38)35-25-26-36-34-12-7-9-15-39(34)45(42(36)41(35)44)40-16-10-13-37(43-40)31-21-17-29(5-2)18-22-31/h6-26,28H,4-5,27H2,1-3H3. The highest BCUT2D eigenvalue weighted by Crippen LogP contribution is 2.41. The van der Waals surface area contributed by atoms with Gasteiger partial charge in [-0.3, -0.25) is 4.57 Å². The molecule has 0 amide bonds. The minimum absolute atomic E-state index is 0.673. The Morgan fingerprint density at radius 2 is 1.16 bits per heavy atom. The van der Waals surface area contributed by atoms with Gasteiger partial charge in [-0.2, -0.15) is 0 Å². The molecule has 45 heavy (non-hydrogen) atoms. The van der Waals surface area contributed by atoms with Crippen molar-refractivity contribution >= 4 is 43.6 Å². The molecule has 220 valence electrons. The maximum atomic E-state index is 5.31. The second-order valence-corrected chi connectivity index (χ2v) is 12.4. The van der Waals surface area contributed by atoms with Gasteiger partial charge in [0.1, 0.15) is 5.82 Å². The number of fused-ring (bicyclic) bond motifs is 7. The number of benzene rings is 5. The summed E-state index contributed by atoms with van der Waals surface area (Å²) in [5, 5.41) is 4.97. The Labute approximate surface area is 264 Å². The van der Waals surface area contributed by atoms with E-state index in [0.717, 1.165) is 35.4 Å². The number of rotatable bonds is 7. The molecule has 0 bridgehead atoms. The van der Waals surface area contributed by atoms with Crippen molar-refractivity contribution in [3.63, 3.8) is 0 Å². The van der Waals surface area contributed by atoms with Crippen LogP contribution in [-0.4, -0.2) is 14.1 Å². The van der Waals surface area contributed by atoms with Crippen LogP contribution in [0.3, 0.4) is 0 Å². The first-order valence-corrected chi connectivity index (χ1v) is 16.3. The molecule has 3 heterocycles. The van der Waals surface area contributed by atoms with Crippen LogP contribution in [0.25, 0.3) is 66.4 Å². The van der Waals surface area contributed by atoms with E-state index in [4.69, 9.17) is 4.98 Å². The van der Waals surface area contributed by atoms with Crippen molar-refractivity contribution in [2.75, 3.05) is 0 Å². The predicted molar refractivity (Wildman–Crippen MR) is 191 cm³/mol. The van der Waals surface area contributed by atoms with Gasteiger partial charge in [-0.25, -0.2) is 4.98 Å². The summed E-state index contributed by atoms with van der Waals surface area (Å²) < 4.78 is 4.84. The zero-order valence-electron chi connectivity index (χ0n) is 26.2. The molecular formula is C42H37N3. The smallest absolute Gasteiger partial charge is 0.138 e. The fourth-order valence-electron chi connectivity index (χ4n) is 6.95. The number of nitrogens with zero attached hydrogens (tertiary/aromatic N) is 3. The zero-order valence-corrected chi connectivity index (χ0v) is 26.2. The minimum Gasteiger partial charge on any atom is -0.307 e. The third kappa shape index (κ3) is 4.54. The molecule has 1 unspecified atom stereocenters. The molecule has 0 fully saturated rings. The van der Waals surface area contributed by atoms with Crippen LogP contribution in [0.1, 0.15) is 38.3 Å². The SMILES string of the molecule is CCc1ccc(-c2cccc(-n3c4ccccc4c4ccc5c6ccccc6n(-c6ccc(CC(C)CC)cc6)c5c43)n2)cc1. The van der Waals surface area contributed by atoms with Crippen LogP contribution in [0.5, 0.6) is 0 Å². The van der Waals surface area contributed by atoms with Crippen LogP contribution in [0.15, 0.2) is 127 Å². The van der Waals surface area contributed by atoms with E-state index in [2.05, 4.69) is 157 Å². The van der Waals surface area contributed by atoms with Gasteiger partial charge in [-0.1, -0.05) is 118 Å². The van der Waals surface area contributed by atoms with Crippen LogP contribution in [0.4, 0.5) is 0 Å². The fourth-order valence-corrected chi connectivity index (χ4v) is 6.95. The van der Waals surface area contributed by atoms with E-state index >= 15 is 0 Å². The van der Waals surface area contributed by atoms with Crippen molar-refractivity contribution in [3.8, 4) is 22.8 Å². The molecular weight excluding hydrogens is 546 g/mol. The largest absolute Gasteiger partial charge is 0.307 e. The van der Waals surface area contributed by atoms with Gasteiger partial charge in [0.15, 0.2) is 0 Å². The lowest BCUT2D eigenvalue weighted by atomic mass is 9.99. The molecule has 0 N–H and O–H groups in total. The van der Waals surface area contributed by atoms with Crippen LogP contribution in [-0.2, 0) is 12.8 Å². The van der Waals surface area contributed by atoms with E-state index in [1.807, 2.05) is 0 Å².